The Morgan fingerprint density at radius 2 is 2.05 bits per heavy atom. The second-order valence-electron chi connectivity index (χ2n) is 5.60. The van der Waals surface area contributed by atoms with Crippen LogP contribution in [0.15, 0.2) is 24.3 Å². The Bertz CT molecular complexity index is 436. The van der Waals surface area contributed by atoms with Gasteiger partial charge in [-0.05, 0) is 44.0 Å². The van der Waals surface area contributed by atoms with Gasteiger partial charge in [-0.3, -0.25) is 9.69 Å². The molecule has 1 amide bonds. The molecule has 1 aliphatic rings. The number of likely N-dealkylation sites (tertiary alicyclic amines) is 1. The lowest BCUT2D eigenvalue weighted by Gasteiger charge is -2.33. The molecule has 1 fully saturated rings. The molecule has 1 unspecified atom stereocenters. The third-order valence-electron chi connectivity index (χ3n) is 3.94. The highest BCUT2D eigenvalue weighted by Gasteiger charge is 2.17. The number of hydrogen-bond donors (Lipinski definition) is 2. The van der Waals surface area contributed by atoms with Gasteiger partial charge in [-0.25, -0.2) is 0 Å². The zero-order valence-corrected chi connectivity index (χ0v) is 13.5. The van der Waals surface area contributed by atoms with E-state index in [0.29, 0.717) is 19.0 Å². The Morgan fingerprint density at radius 3 is 2.67 bits per heavy atom. The van der Waals surface area contributed by atoms with Gasteiger partial charge in [-0.1, -0.05) is 18.6 Å². The molecule has 1 aliphatic heterocycles. The molecule has 118 valence electrons. The van der Waals surface area contributed by atoms with E-state index in [-0.39, 0.29) is 18.3 Å². The molecule has 0 aromatic heterocycles. The Morgan fingerprint density at radius 1 is 1.33 bits per heavy atom. The van der Waals surface area contributed by atoms with Gasteiger partial charge < -0.3 is 11.1 Å². The second kappa shape index (κ2) is 9.03. The summed E-state index contributed by atoms with van der Waals surface area (Å²) in [7, 11) is 0. The highest BCUT2D eigenvalue weighted by molar-refractivity contribution is 5.90. The standard InChI is InChI=1S/C16H25N3O.ClH/c1-13-4-2-3-11-19(13)12-14-5-7-15(8-6-14)18-16(20)9-10-17;/h5-8,13H,2-4,9-12,17H2,1H3,(H,18,20);1H. The highest BCUT2D eigenvalue weighted by atomic mass is 35.5. The van der Waals surface area contributed by atoms with Crippen LogP contribution in [0.5, 0.6) is 0 Å². The van der Waals surface area contributed by atoms with Gasteiger partial charge in [0.25, 0.3) is 0 Å². The predicted molar refractivity (Wildman–Crippen MR) is 89.7 cm³/mol. The van der Waals surface area contributed by atoms with Crippen molar-refractivity contribution in [3.8, 4) is 0 Å². The Labute approximate surface area is 133 Å². The maximum absolute atomic E-state index is 11.5. The highest BCUT2D eigenvalue weighted by Crippen LogP contribution is 2.20. The number of halogens is 1. The van der Waals surface area contributed by atoms with Crippen molar-refractivity contribution in [3.63, 3.8) is 0 Å². The number of piperidine rings is 1. The average Bonchev–Trinajstić information content (AvgIpc) is 2.44. The van der Waals surface area contributed by atoms with Gasteiger partial charge in [0.2, 0.25) is 5.91 Å². The second-order valence-corrected chi connectivity index (χ2v) is 5.60. The van der Waals surface area contributed by atoms with Crippen LogP contribution in [0, 0.1) is 0 Å². The summed E-state index contributed by atoms with van der Waals surface area (Å²) in [5.74, 6) is -0.0232. The van der Waals surface area contributed by atoms with E-state index in [9.17, 15) is 4.79 Å². The SMILES string of the molecule is CC1CCCCN1Cc1ccc(NC(=O)CCN)cc1.Cl. The van der Waals surface area contributed by atoms with E-state index < -0.39 is 0 Å². The first-order valence-electron chi connectivity index (χ1n) is 7.52. The van der Waals surface area contributed by atoms with Crippen LogP contribution < -0.4 is 11.1 Å². The third kappa shape index (κ3) is 5.65. The number of carbonyl (C=O) groups excluding carboxylic acids is 1. The van der Waals surface area contributed by atoms with Crippen molar-refractivity contribution in [1.29, 1.82) is 0 Å². The van der Waals surface area contributed by atoms with Crippen molar-refractivity contribution in [2.24, 2.45) is 5.73 Å². The Hall–Kier alpha value is -1.10. The number of nitrogens with zero attached hydrogens (tertiary/aromatic N) is 1. The van der Waals surface area contributed by atoms with Gasteiger partial charge in [0.05, 0.1) is 0 Å². The minimum absolute atomic E-state index is 0. The quantitative estimate of drug-likeness (QED) is 0.879. The van der Waals surface area contributed by atoms with E-state index in [4.69, 9.17) is 5.73 Å². The first-order valence-corrected chi connectivity index (χ1v) is 7.52. The number of benzene rings is 1. The molecule has 0 spiro atoms. The summed E-state index contributed by atoms with van der Waals surface area (Å²) < 4.78 is 0. The molecule has 1 aromatic rings. The summed E-state index contributed by atoms with van der Waals surface area (Å²) in [4.78, 5) is 14.0. The van der Waals surface area contributed by atoms with Crippen LogP contribution in [0.4, 0.5) is 5.69 Å². The van der Waals surface area contributed by atoms with Crippen molar-refractivity contribution >= 4 is 24.0 Å². The lowest BCUT2D eigenvalue weighted by molar-refractivity contribution is -0.116. The van der Waals surface area contributed by atoms with E-state index in [1.165, 1.54) is 31.4 Å². The number of amides is 1. The van der Waals surface area contributed by atoms with Crippen LogP contribution >= 0.6 is 12.4 Å². The normalized spacial score (nSPS) is 18.9. The largest absolute Gasteiger partial charge is 0.330 e. The summed E-state index contributed by atoms with van der Waals surface area (Å²) >= 11 is 0. The summed E-state index contributed by atoms with van der Waals surface area (Å²) in [6.45, 7) is 4.88. The number of hydrogen-bond acceptors (Lipinski definition) is 3. The summed E-state index contributed by atoms with van der Waals surface area (Å²) in [5.41, 5.74) is 7.51. The fraction of sp³-hybridized carbons (Fsp3) is 0.562. The fourth-order valence-electron chi connectivity index (χ4n) is 2.68. The Balaban J connectivity index is 0.00000220. The van der Waals surface area contributed by atoms with Crippen LogP contribution in [0.1, 0.15) is 38.2 Å². The summed E-state index contributed by atoms with van der Waals surface area (Å²) in [6.07, 6.45) is 4.32. The van der Waals surface area contributed by atoms with Gasteiger partial charge in [0.1, 0.15) is 0 Å². The Kier molecular flexibility index (Phi) is 7.72. The van der Waals surface area contributed by atoms with Crippen LogP contribution in [0.25, 0.3) is 0 Å². The topological polar surface area (TPSA) is 58.4 Å². The molecule has 0 saturated carbocycles. The smallest absolute Gasteiger partial charge is 0.225 e. The molecular weight excluding hydrogens is 286 g/mol. The molecule has 2 rings (SSSR count). The lowest BCUT2D eigenvalue weighted by atomic mass is 10.0. The lowest BCUT2D eigenvalue weighted by Crippen LogP contribution is -2.36. The van der Waals surface area contributed by atoms with Gasteiger partial charge >= 0.3 is 0 Å². The average molecular weight is 312 g/mol. The summed E-state index contributed by atoms with van der Waals surface area (Å²) in [6, 6.07) is 8.81. The molecule has 5 heteroatoms. The molecule has 1 aromatic carbocycles. The first-order chi connectivity index (χ1) is 9.69. The molecule has 1 atom stereocenters. The maximum atomic E-state index is 11.5. The number of anilines is 1. The van der Waals surface area contributed by atoms with Gasteiger partial charge in [-0.2, -0.15) is 0 Å². The van der Waals surface area contributed by atoms with Crippen molar-refractivity contribution in [2.75, 3.05) is 18.4 Å². The molecule has 0 aliphatic carbocycles. The van der Waals surface area contributed by atoms with E-state index in [1.807, 2.05) is 12.1 Å². The van der Waals surface area contributed by atoms with Crippen LogP contribution in [-0.2, 0) is 11.3 Å². The minimum Gasteiger partial charge on any atom is -0.330 e. The van der Waals surface area contributed by atoms with Crippen LogP contribution in [0.2, 0.25) is 0 Å². The fourth-order valence-corrected chi connectivity index (χ4v) is 2.68. The summed E-state index contributed by atoms with van der Waals surface area (Å²) in [5, 5.41) is 2.85. The van der Waals surface area contributed by atoms with E-state index in [0.717, 1.165) is 12.2 Å². The monoisotopic (exact) mass is 311 g/mol. The molecule has 21 heavy (non-hydrogen) atoms. The van der Waals surface area contributed by atoms with Crippen molar-refractivity contribution < 1.29 is 4.79 Å². The zero-order valence-electron chi connectivity index (χ0n) is 12.7. The van der Waals surface area contributed by atoms with E-state index >= 15 is 0 Å². The first kappa shape index (κ1) is 18.0. The van der Waals surface area contributed by atoms with Gasteiger partial charge in [0, 0.05) is 31.2 Å². The van der Waals surface area contributed by atoms with E-state index in [2.05, 4.69) is 29.3 Å². The molecule has 0 radical (unpaired) electrons. The molecule has 4 nitrogen and oxygen atoms in total. The minimum atomic E-state index is -0.0232. The molecule has 1 saturated heterocycles. The van der Waals surface area contributed by atoms with Crippen molar-refractivity contribution in [3.05, 3.63) is 29.8 Å². The van der Waals surface area contributed by atoms with Crippen molar-refractivity contribution in [1.82, 2.24) is 4.90 Å². The number of nitrogens with two attached hydrogens (primary N) is 1. The number of carbonyl (C=O) groups is 1. The molecule has 3 N–H and O–H groups in total. The van der Waals surface area contributed by atoms with Crippen LogP contribution in [-0.4, -0.2) is 29.9 Å². The van der Waals surface area contributed by atoms with Gasteiger partial charge in [-0.15, -0.1) is 12.4 Å². The van der Waals surface area contributed by atoms with Crippen LogP contribution in [0.3, 0.4) is 0 Å². The van der Waals surface area contributed by atoms with Crippen molar-refractivity contribution in [2.45, 2.75) is 45.2 Å². The maximum Gasteiger partial charge on any atom is 0.225 e. The molecular formula is C16H26ClN3O. The van der Waals surface area contributed by atoms with E-state index in [1.54, 1.807) is 0 Å². The zero-order chi connectivity index (χ0) is 14.4. The number of nitrogens with one attached hydrogen (secondary N) is 1. The molecule has 1 heterocycles. The predicted octanol–water partition coefficient (Wildman–Crippen LogP) is 2.77. The third-order valence-corrected chi connectivity index (χ3v) is 3.94. The van der Waals surface area contributed by atoms with Gasteiger partial charge in [0.15, 0.2) is 0 Å². The number of rotatable bonds is 5. The molecule has 0 bridgehead atoms.